The van der Waals surface area contributed by atoms with Gasteiger partial charge in [0.1, 0.15) is 5.69 Å². The van der Waals surface area contributed by atoms with E-state index in [-0.39, 0.29) is 22.7 Å². The second-order valence-electron chi connectivity index (χ2n) is 8.18. The highest BCUT2D eigenvalue weighted by Gasteiger charge is 2.33. The normalized spacial score (nSPS) is 17.9. The summed E-state index contributed by atoms with van der Waals surface area (Å²) in [6, 6.07) is 11.4. The number of carbonyl (C=O) groups is 1. The van der Waals surface area contributed by atoms with E-state index in [0.717, 1.165) is 5.69 Å². The summed E-state index contributed by atoms with van der Waals surface area (Å²) in [5.41, 5.74) is 1.81. The van der Waals surface area contributed by atoms with Crippen molar-refractivity contribution < 1.29 is 19.6 Å². The van der Waals surface area contributed by atoms with Gasteiger partial charge in [0.15, 0.2) is 0 Å². The number of hydrogen-bond donors (Lipinski definition) is 1. The molecule has 1 aliphatic rings. The van der Waals surface area contributed by atoms with Crippen LogP contribution in [0.5, 0.6) is 0 Å². The molecule has 0 aliphatic carbocycles. The topological polar surface area (TPSA) is 121 Å². The number of nitro groups is 1. The zero-order valence-corrected chi connectivity index (χ0v) is 19.9. The third-order valence-corrected chi connectivity index (χ3v) is 5.96. The number of amides is 1. The van der Waals surface area contributed by atoms with Crippen LogP contribution in [0.25, 0.3) is 0 Å². The average molecular weight is 490 g/mol. The molecule has 0 bridgehead atoms. The molecule has 11 heteroatoms. The number of methoxy groups -OCH3 is 1. The predicted molar refractivity (Wildman–Crippen MR) is 129 cm³/mol. The van der Waals surface area contributed by atoms with Crippen molar-refractivity contribution in [2.75, 3.05) is 38.8 Å². The molecular formula is C23H28ClN5O5. The fraction of sp³-hybridized carbons (Fsp3) is 0.435. The lowest BCUT2D eigenvalue weighted by molar-refractivity contribution is -0.384. The van der Waals surface area contributed by atoms with Crippen LogP contribution in [-0.2, 0) is 9.53 Å². The van der Waals surface area contributed by atoms with Crippen LogP contribution < -0.4 is 4.90 Å². The van der Waals surface area contributed by atoms with Gasteiger partial charge in [-0.1, -0.05) is 11.6 Å². The number of β-amino-alcohol motifs (C(OH)–C–C–N with tert-alkyl or cyclic N) is 1. The van der Waals surface area contributed by atoms with Gasteiger partial charge in [-0.15, -0.1) is 5.11 Å². The number of ether oxygens (including phenoxy) is 1. The molecule has 10 nitrogen and oxygen atoms in total. The van der Waals surface area contributed by atoms with E-state index in [9.17, 15) is 20.0 Å². The SMILES string of the molecule is COCC1CC(O)CN1C(=O)CCCN(C)c1ccc(/N=N/c2ccc([N+](=O)[O-])cc2Cl)cc1. The first-order valence-electron chi connectivity index (χ1n) is 10.9. The Balaban J connectivity index is 1.50. The molecule has 2 atom stereocenters. The molecule has 3 rings (SSSR count). The number of rotatable bonds is 10. The van der Waals surface area contributed by atoms with Gasteiger partial charge >= 0.3 is 0 Å². The second kappa shape index (κ2) is 11.9. The Kier molecular flexibility index (Phi) is 8.91. The number of non-ortho nitro benzene ring substituents is 1. The van der Waals surface area contributed by atoms with Crippen molar-refractivity contribution in [1.82, 2.24) is 4.90 Å². The molecule has 1 aliphatic heterocycles. The van der Waals surface area contributed by atoms with Crippen molar-refractivity contribution in [2.45, 2.75) is 31.4 Å². The van der Waals surface area contributed by atoms with Gasteiger partial charge in [0.25, 0.3) is 5.69 Å². The van der Waals surface area contributed by atoms with Crippen molar-refractivity contribution in [3.8, 4) is 0 Å². The fourth-order valence-corrected chi connectivity index (χ4v) is 4.08. The minimum atomic E-state index is -0.521. The zero-order chi connectivity index (χ0) is 24.7. The molecule has 0 radical (unpaired) electrons. The average Bonchev–Trinajstić information content (AvgIpc) is 3.18. The van der Waals surface area contributed by atoms with Gasteiger partial charge in [-0.05, 0) is 43.2 Å². The molecule has 1 saturated heterocycles. The number of nitrogens with zero attached hydrogens (tertiary/aromatic N) is 5. The van der Waals surface area contributed by atoms with Crippen molar-refractivity contribution in [3.63, 3.8) is 0 Å². The zero-order valence-electron chi connectivity index (χ0n) is 19.1. The van der Waals surface area contributed by atoms with Crippen LogP contribution in [-0.4, -0.2) is 66.8 Å². The Morgan fingerprint density at radius 2 is 2.03 bits per heavy atom. The standard InChI is InChI=1S/C23H28ClN5O5/c1-27(11-3-4-23(31)28-14-20(30)12-19(28)15-34-2)17-7-5-16(6-8-17)25-26-22-10-9-18(29(32)33)13-21(22)24/h5-10,13,19-20,30H,3-4,11-12,14-15H2,1-2H3/b26-25+. The molecule has 182 valence electrons. The predicted octanol–water partition coefficient (Wildman–Crippen LogP) is 4.49. The van der Waals surface area contributed by atoms with Crippen LogP contribution in [0.1, 0.15) is 19.3 Å². The van der Waals surface area contributed by atoms with E-state index >= 15 is 0 Å². The Labute approximate surface area is 202 Å². The highest BCUT2D eigenvalue weighted by atomic mass is 35.5. The molecule has 0 aromatic heterocycles. The molecule has 2 aromatic carbocycles. The monoisotopic (exact) mass is 489 g/mol. The summed E-state index contributed by atoms with van der Waals surface area (Å²) < 4.78 is 5.17. The number of azo groups is 1. The smallest absolute Gasteiger partial charge is 0.271 e. The van der Waals surface area contributed by atoms with E-state index < -0.39 is 11.0 Å². The summed E-state index contributed by atoms with van der Waals surface area (Å²) in [5.74, 6) is 0.0349. The van der Waals surface area contributed by atoms with E-state index in [4.69, 9.17) is 16.3 Å². The van der Waals surface area contributed by atoms with Crippen LogP contribution in [0.2, 0.25) is 5.02 Å². The van der Waals surface area contributed by atoms with Gasteiger partial charge < -0.3 is 19.6 Å². The molecule has 2 aromatic rings. The lowest BCUT2D eigenvalue weighted by Gasteiger charge is -2.24. The lowest BCUT2D eigenvalue weighted by Crippen LogP contribution is -2.38. The first-order chi connectivity index (χ1) is 16.3. The summed E-state index contributed by atoms with van der Waals surface area (Å²) in [7, 11) is 3.55. The van der Waals surface area contributed by atoms with E-state index in [0.29, 0.717) is 50.3 Å². The molecule has 34 heavy (non-hydrogen) atoms. The van der Waals surface area contributed by atoms with Gasteiger partial charge in [-0.25, -0.2) is 0 Å². The quantitative estimate of drug-likeness (QED) is 0.298. The highest BCUT2D eigenvalue weighted by Crippen LogP contribution is 2.30. The van der Waals surface area contributed by atoms with Crippen molar-refractivity contribution >= 4 is 40.3 Å². The molecule has 1 N–H and O–H groups in total. The van der Waals surface area contributed by atoms with Crippen LogP contribution in [0.4, 0.5) is 22.7 Å². The first kappa shape index (κ1) is 25.5. The number of hydrogen-bond acceptors (Lipinski definition) is 8. The lowest BCUT2D eigenvalue weighted by atomic mass is 10.2. The van der Waals surface area contributed by atoms with E-state index in [2.05, 4.69) is 10.2 Å². The Morgan fingerprint density at radius 1 is 1.29 bits per heavy atom. The number of nitro benzene ring substituents is 1. The van der Waals surface area contributed by atoms with Gasteiger partial charge in [0.05, 0.1) is 34.4 Å². The number of aliphatic hydroxyl groups excluding tert-OH is 1. The van der Waals surface area contributed by atoms with Gasteiger partial charge in [-0.2, -0.15) is 5.11 Å². The molecule has 1 amide bonds. The maximum atomic E-state index is 12.6. The van der Waals surface area contributed by atoms with Crippen molar-refractivity contribution in [2.24, 2.45) is 10.2 Å². The fourth-order valence-electron chi connectivity index (χ4n) is 3.86. The van der Waals surface area contributed by atoms with Crippen LogP contribution in [0, 0.1) is 10.1 Å². The molecule has 0 spiro atoms. The second-order valence-corrected chi connectivity index (χ2v) is 8.59. The van der Waals surface area contributed by atoms with Crippen LogP contribution >= 0.6 is 11.6 Å². The number of carbonyl (C=O) groups excluding carboxylic acids is 1. The minimum Gasteiger partial charge on any atom is -0.391 e. The molecular weight excluding hydrogens is 462 g/mol. The van der Waals surface area contributed by atoms with E-state index in [1.54, 1.807) is 24.1 Å². The first-order valence-corrected chi connectivity index (χ1v) is 11.3. The number of likely N-dealkylation sites (tertiary alicyclic amines) is 1. The molecule has 0 saturated carbocycles. The number of aliphatic hydroxyl groups is 1. The third-order valence-electron chi connectivity index (χ3n) is 5.66. The Morgan fingerprint density at radius 3 is 2.68 bits per heavy atom. The number of benzene rings is 2. The Hall–Kier alpha value is -3.08. The van der Waals surface area contributed by atoms with Crippen LogP contribution in [0.3, 0.4) is 0 Å². The third kappa shape index (κ3) is 6.72. The summed E-state index contributed by atoms with van der Waals surface area (Å²) in [5, 5.41) is 29.0. The van der Waals surface area contributed by atoms with Crippen molar-refractivity contribution in [3.05, 3.63) is 57.6 Å². The summed E-state index contributed by atoms with van der Waals surface area (Å²) in [6.07, 6.45) is 1.15. The highest BCUT2D eigenvalue weighted by molar-refractivity contribution is 6.33. The van der Waals surface area contributed by atoms with Gasteiger partial charge in [-0.3, -0.25) is 14.9 Å². The number of halogens is 1. The minimum absolute atomic E-state index is 0.0349. The van der Waals surface area contributed by atoms with Gasteiger partial charge in [0, 0.05) is 51.5 Å². The largest absolute Gasteiger partial charge is 0.391 e. The number of anilines is 1. The maximum Gasteiger partial charge on any atom is 0.271 e. The Bertz CT molecular complexity index is 1030. The molecule has 2 unspecified atom stereocenters. The summed E-state index contributed by atoms with van der Waals surface area (Å²) in [6.45, 7) is 1.49. The van der Waals surface area contributed by atoms with Gasteiger partial charge in [0.2, 0.25) is 5.91 Å². The van der Waals surface area contributed by atoms with E-state index in [1.165, 1.54) is 18.2 Å². The maximum absolute atomic E-state index is 12.6. The summed E-state index contributed by atoms with van der Waals surface area (Å²) in [4.78, 5) is 26.6. The summed E-state index contributed by atoms with van der Waals surface area (Å²) >= 11 is 6.04. The molecule has 1 heterocycles. The van der Waals surface area contributed by atoms with Crippen molar-refractivity contribution in [1.29, 1.82) is 0 Å². The van der Waals surface area contributed by atoms with Crippen LogP contribution in [0.15, 0.2) is 52.7 Å². The molecule has 1 fully saturated rings. The van der Waals surface area contributed by atoms with E-state index in [1.807, 2.05) is 24.1 Å².